The third-order valence-electron chi connectivity index (χ3n) is 7.79. The summed E-state index contributed by atoms with van der Waals surface area (Å²) in [6, 6.07) is 17.2. The maximum Gasteiger partial charge on any atom is 0.411 e. The van der Waals surface area contributed by atoms with Crippen molar-refractivity contribution in [2.75, 3.05) is 12.4 Å². The van der Waals surface area contributed by atoms with Crippen LogP contribution in [0.3, 0.4) is 0 Å². The van der Waals surface area contributed by atoms with E-state index in [0.29, 0.717) is 23.4 Å². The second-order valence-corrected chi connectivity index (χ2v) is 12.6. The number of anilines is 1. The number of carbonyl (C=O) groups is 2. The van der Waals surface area contributed by atoms with Gasteiger partial charge in [0, 0.05) is 41.3 Å². The van der Waals surface area contributed by atoms with Crippen LogP contribution in [-0.4, -0.2) is 38.2 Å². The van der Waals surface area contributed by atoms with Crippen LogP contribution in [0.4, 0.5) is 10.5 Å². The zero-order valence-corrected chi connectivity index (χ0v) is 25.5. The summed E-state index contributed by atoms with van der Waals surface area (Å²) in [5.74, 6) is -0.278. The molecule has 1 aliphatic rings. The highest BCUT2D eigenvalue weighted by molar-refractivity contribution is 7.90. The van der Waals surface area contributed by atoms with Crippen molar-refractivity contribution in [3.05, 3.63) is 89.1 Å². The lowest BCUT2D eigenvalue weighted by Crippen LogP contribution is -2.31. The monoisotopic (exact) mass is 603 g/mol. The predicted octanol–water partition coefficient (Wildman–Crippen LogP) is 6.57. The smallest absolute Gasteiger partial charge is 0.411 e. The fourth-order valence-electron chi connectivity index (χ4n) is 5.65. The van der Waals surface area contributed by atoms with E-state index >= 15 is 0 Å². The summed E-state index contributed by atoms with van der Waals surface area (Å²) in [7, 11) is -2.53. The van der Waals surface area contributed by atoms with Gasteiger partial charge in [0.15, 0.2) is 0 Å². The van der Waals surface area contributed by atoms with Gasteiger partial charge < -0.3 is 14.0 Å². The number of hydrogen-bond donors (Lipinski definition) is 2. The number of aromatic nitrogens is 1. The Kier molecular flexibility index (Phi) is 9.05. The molecule has 0 spiro atoms. The minimum Gasteiger partial charge on any atom is -0.496 e. The number of amides is 2. The average Bonchev–Trinajstić information content (AvgIpc) is 3.61. The molecule has 0 aliphatic heterocycles. The van der Waals surface area contributed by atoms with Gasteiger partial charge in [-0.2, -0.15) is 0 Å². The van der Waals surface area contributed by atoms with Gasteiger partial charge >= 0.3 is 6.09 Å². The van der Waals surface area contributed by atoms with Gasteiger partial charge in [-0.1, -0.05) is 31.2 Å². The van der Waals surface area contributed by atoms with E-state index in [2.05, 4.69) is 27.7 Å². The molecule has 0 bridgehead atoms. The molecule has 1 aromatic heterocycles. The van der Waals surface area contributed by atoms with E-state index in [1.807, 2.05) is 18.2 Å². The van der Waals surface area contributed by atoms with Crippen LogP contribution in [0.15, 0.2) is 71.8 Å². The van der Waals surface area contributed by atoms with E-state index < -0.39 is 22.0 Å². The first-order valence-corrected chi connectivity index (χ1v) is 16.1. The summed E-state index contributed by atoms with van der Waals surface area (Å²) in [6.45, 7) is 4.63. The van der Waals surface area contributed by atoms with Crippen molar-refractivity contribution in [3.8, 4) is 5.75 Å². The van der Waals surface area contributed by atoms with Gasteiger partial charge in [0.05, 0.1) is 12.0 Å². The fourth-order valence-corrected chi connectivity index (χ4v) is 6.87. The molecule has 4 aromatic rings. The lowest BCUT2D eigenvalue weighted by molar-refractivity contribution is 0.0980. The van der Waals surface area contributed by atoms with Crippen LogP contribution in [0.1, 0.15) is 66.1 Å². The van der Waals surface area contributed by atoms with Gasteiger partial charge in [-0.3, -0.25) is 10.1 Å². The van der Waals surface area contributed by atoms with Gasteiger partial charge in [-0.05, 0) is 92.1 Å². The molecule has 9 nitrogen and oxygen atoms in total. The van der Waals surface area contributed by atoms with E-state index in [-0.39, 0.29) is 16.6 Å². The number of hydrogen-bond acceptors (Lipinski definition) is 6. The van der Waals surface area contributed by atoms with Gasteiger partial charge in [-0.15, -0.1) is 0 Å². The molecule has 0 radical (unpaired) electrons. The molecule has 0 unspecified atom stereocenters. The lowest BCUT2D eigenvalue weighted by Gasteiger charge is -2.13. The molecule has 1 saturated carbocycles. The normalized spacial score (nSPS) is 13.7. The van der Waals surface area contributed by atoms with Crippen molar-refractivity contribution in [1.29, 1.82) is 0 Å². The number of rotatable bonds is 10. The quantitative estimate of drug-likeness (QED) is 0.212. The second kappa shape index (κ2) is 12.9. The molecule has 43 heavy (non-hydrogen) atoms. The maximum atomic E-state index is 13.0. The number of fused-ring (bicyclic) bond motifs is 1. The minimum atomic E-state index is -4.05. The number of carbonyl (C=O) groups excluding carboxylic acids is 2. The third-order valence-corrected chi connectivity index (χ3v) is 9.28. The van der Waals surface area contributed by atoms with E-state index in [0.717, 1.165) is 60.7 Å². The summed E-state index contributed by atoms with van der Waals surface area (Å²) in [5.41, 5.74) is 4.26. The maximum absolute atomic E-state index is 13.0. The van der Waals surface area contributed by atoms with Crippen molar-refractivity contribution < 1.29 is 27.5 Å². The molecule has 3 aromatic carbocycles. The van der Waals surface area contributed by atoms with Gasteiger partial charge in [0.25, 0.3) is 15.9 Å². The average molecular weight is 604 g/mol. The standard InChI is InChI=1S/C33H37N3O6S/c1-4-17-36-21-25(28-20-26(15-16-29(28)36)34-33(38)42-27-10-6-7-11-27)18-23-13-14-24(19-30(23)41-3)32(37)35-43(39,40)31-12-8-5-9-22(31)2/h5,8-9,12-16,19-21,27H,4,6-7,10-11,17-18H2,1-3H3,(H,34,38)(H,35,37). The molecule has 1 heterocycles. The first kappa shape index (κ1) is 30.2. The molecule has 0 saturated heterocycles. The highest BCUT2D eigenvalue weighted by atomic mass is 32.2. The number of nitrogens with zero attached hydrogens (tertiary/aromatic N) is 1. The number of benzene rings is 3. The Labute approximate surface area is 252 Å². The van der Waals surface area contributed by atoms with Gasteiger partial charge in [0.2, 0.25) is 0 Å². The highest BCUT2D eigenvalue weighted by Gasteiger charge is 2.22. The Morgan fingerprint density at radius 2 is 1.77 bits per heavy atom. The van der Waals surface area contributed by atoms with E-state index in [1.165, 1.54) is 13.2 Å². The van der Waals surface area contributed by atoms with Crippen LogP contribution in [0, 0.1) is 6.92 Å². The Bertz CT molecular complexity index is 1760. The van der Waals surface area contributed by atoms with Crippen molar-refractivity contribution in [2.24, 2.45) is 0 Å². The van der Waals surface area contributed by atoms with Crippen LogP contribution in [-0.2, 0) is 27.7 Å². The summed E-state index contributed by atoms with van der Waals surface area (Å²) in [5, 5.41) is 3.87. The van der Waals surface area contributed by atoms with Crippen molar-refractivity contribution in [2.45, 2.75) is 69.9 Å². The Balaban J connectivity index is 1.38. The van der Waals surface area contributed by atoms with Crippen LogP contribution >= 0.6 is 0 Å². The Morgan fingerprint density at radius 1 is 1.00 bits per heavy atom. The molecule has 0 atom stereocenters. The molecular weight excluding hydrogens is 566 g/mol. The molecule has 2 amide bonds. The third kappa shape index (κ3) is 6.85. The first-order chi connectivity index (χ1) is 20.7. The number of aryl methyl sites for hydroxylation is 2. The fraction of sp³-hybridized carbons (Fsp3) is 0.333. The van der Waals surface area contributed by atoms with Crippen molar-refractivity contribution in [1.82, 2.24) is 9.29 Å². The number of methoxy groups -OCH3 is 1. The van der Waals surface area contributed by atoms with Crippen molar-refractivity contribution >= 4 is 38.6 Å². The van der Waals surface area contributed by atoms with E-state index in [9.17, 15) is 18.0 Å². The number of ether oxygens (including phenoxy) is 2. The molecule has 5 rings (SSSR count). The molecule has 10 heteroatoms. The van der Waals surface area contributed by atoms with Gasteiger partial charge in [-0.25, -0.2) is 17.9 Å². The SMILES string of the molecule is CCCn1cc(Cc2ccc(C(=O)NS(=O)(=O)c3ccccc3C)cc2OC)c2cc(NC(=O)OC3CCCC3)ccc21. The Hall–Kier alpha value is -4.31. The largest absolute Gasteiger partial charge is 0.496 e. The van der Waals surface area contributed by atoms with Crippen LogP contribution in [0.25, 0.3) is 10.9 Å². The van der Waals surface area contributed by atoms with E-state index in [1.54, 1.807) is 43.3 Å². The highest BCUT2D eigenvalue weighted by Crippen LogP contribution is 2.31. The molecule has 2 N–H and O–H groups in total. The number of sulfonamides is 1. The Morgan fingerprint density at radius 3 is 2.49 bits per heavy atom. The molecule has 1 fully saturated rings. The van der Waals surface area contributed by atoms with Crippen LogP contribution in [0.5, 0.6) is 5.75 Å². The topological polar surface area (TPSA) is 116 Å². The van der Waals surface area contributed by atoms with Gasteiger partial charge in [0.1, 0.15) is 11.9 Å². The summed E-state index contributed by atoms with van der Waals surface area (Å²) in [4.78, 5) is 25.5. The van der Waals surface area contributed by atoms with E-state index in [4.69, 9.17) is 9.47 Å². The second-order valence-electron chi connectivity index (χ2n) is 10.9. The molecular formula is C33H37N3O6S. The predicted molar refractivity (Wildman–Crippen MR) is 166 cm³/mol. The first-order valence-electron chi connectivity index (χ1n) is 14.6. The summed E-state index contributed by atoms with van der Waals surface area (Å²) < 4.78 is 41.3. The summed E-state index contributed by atoms with van der Waals surface area (Å²) >= 11 is 0. The number of nitrogens with one attached hydrogen (secondary N) is 2. The minimum absolute atomic E-state index is 0.0231. The van der Waals surface area contributed by atoms with Crippen molar-refractivity contribution in [3.63, 3.8) is 0 Å². The van der Waals surface area contributed by atoms with Crippen LogP contribution in [0.2, 0.25) is 0 Å². The zero-order chi connectivity index (χ0) is 30.6. The molecule has 1 aliphatic carbocycles. The lowest BCUT2D eigenvalue weighted by atomic mass is 10.0. The summed E-state index contributed by atoms with van der Waals surface area (Å²) in [6.07, 6.45) is 7.06. The molecule has 226 valence electrons. The zero-order valence-electron chi connectivity index (χ0n) is 24.7. The van der Waals surface area contributed by atoms with Crippen LogP contribution < -0.4 is 14.8 Å².